The van der Waals surface area contributed by atoms with E-state index in [1.165, 1.54) is 24.0 Å². The van der Waals surface area contributed by atoms with Crippen LogP contribution < -0.4 is 0 Å². The molecule has 0 aromatic heterocycles. The molecular formula is C40H64F2O4. The first-order valence-electron chi connectivity index (χ1n) is 19.1. The standard InChI is InChI=1S/C40H64F2O4/c1-3-5-7-9-11-13-37(41)39(43)45-35-27-23-33(24-28-35)21-19-31-15-17-32(18-16-31)20-22-34-25-29-36(30-26-34)46-40(44)38(42)14-12-10-8-6-4-2/h15-18,33-38H,3-14,19-30H2,1-2H3/t33?,34?,35?,36?,37-,38-/m0/s1. The minimum absolute atomic E-state index is 0.121. The SMILES string of the molecule is CCCCCCC[C@H](F)C(=O)OC1CCC(CCc2ccc(CCC3CCC(OC(=O)[C@@H](F)CCCCCCC)CC3)cc2)CC1. The van der Waals surface area contributed by atoms with E-state index >= 15 is 0 Å². The number of hydrogen-bond acceptors (Lipinski definition) is 4. The van der Waals surface area contributed by atoms with Gasteiger partial charge in [0.2, 0.25) is 0 Å². The van der Waals surface area contributed by atoms with Crippen molar-refractivity contribution in [3.05, 3.63) is 35.4 Å². The van der Waals surface area contributed by atoms with Gasteiger partial charge in [0.1, 0.15) is 12.2 Å². The van der Waals surface area contributed by atoms with Crippen LogP contribution in [0.15, 0.2) is 24.3 Å². The molecule has 2 saturated carbocycles. The van der Waals surface area contributed by atoms with Crippen LogP contribution in [-0.4, -0.2) is 36.5 Å². The third kappa shape index (κ3) is 15.3. The summed E-state index contributed by atoms with van der Waals surface area (Å²) in [6, 6.07) is 9.06. The van der Waals surface area contributed by atoms with Crippen LogP contribution in [0.3, 0.4) is 0 Å². The molecule has 46 heavy (non-hydrogen) atoms. The van der Waals surface area contributed by atoms with Crippen molar-refractivity contribution in [3.8, 4) is 0 Å². The lowest BCUT2D eigenvalue weighted by atomic mass is 9.83. The number of benzene rings is 1. The number of aryl methyl sites for hydroxylation is 2. The van der Waals surface area contributed by atoms with Gasteiger partial charge in [0.25, 0.3) is 0 Å². The molecule has 6 heteroatoms. The van der Waals surface area contributed by atoms with E-state index in [2.05, 4.69) is 38.1 Å². The maximum atomic E-state index is 14.2. The predicted molar refractivity (Wildman–Crippen MR) is 183 cm³/mol. The monoisotopic (exact) mass is 646 g/mol. The third-order valence-corrected chi connectivity index (χ3v) is 10.5. The van der Waals surface area contributed by atoms with Gasteiger partial charge in [-0.05, 0) is 126 Å². The third-order valence-electron chi connectivity index (χ3n) is 10.5. The Labute approximate surface area is 279 Å². The molecule has 0 radical (unpaired) electrons. The zero-order valence-electron chi connectivity index (χ0n) is 29.1. The molecule has 0 spiro atoms. The number of carbonyl (C=O) groups is 2. The largest absolute Gasteiger partial charge is 0.460 e. The number of unbranched alkanes of at least 4 members (excludes halogenated alkanes) is 8. The molecule has 2 aliphatic carbocycles. The summed E-state index contributed by atoms with van der Waals surface area (Å²) in [4.78, 5) is 24.4. The summed E-state index contributed by atoms with van der Waals surface area (Å²) in [6.07, 6.45) is 19.7. The van der Waals surface area contributed by atoms with Crippen LogP contribution in [0.5, 0.6) is 0 Å². The first-order chi connectivity index (χ1) is 22.4. The van der Waals surface area contributed by atoms with Crippen molar-refractivity contribution in [3.63, 3.8) is 0 Å². The molecule has 3 rings (SSSR count). The summed E-state index contributed by atoms with van der Waals surface area (Å²) >= 11 is 0. The molecular weight excluding hydrogens is 582 g/mol. The lowest BCUT2D eigenvalue weighted by Gasteiger charge is -2.29. The lowest BCUT2D eigenvalue weighted by Crippen LogP contribution is -2.29. The molecule has 0 amide bonds. The first-order valence-corrected chi connectivity index (χ1v) is 19.1. The van der Waals surface area contributed by atoms with Crippen molar-refractivity contribution in [2.24, 2.45) is 11.8 Å². The van der Waals surface area contributed by atoms with Gasteiger partial charge in [-0.3, -0.25) is 0 Å². The summed E-state index contributed by atoms with van der Waals surface area (Å²) in [5, 5.41) is 0. The van der Waals surface area contributed by atoms with E-state index in [-0.39, 0.29) is 12.2 Å². The number of alkyl halides is 2. The van der Waals surface area contributed by atoms with Gasteiger partial charge in [-0.1, -0.05) is 89.5 Å². The zero-order valence-corrected chi connectivity index (χ0v) is 29.1. The second-order valence-electron chi connectivity index (χ2n) is 14.4. The second-order valence-corrected chi connectivity index (χ2v) is 14.4. The van der Waals surface area contributed by atoms with Crippen LogP contribution in [0.2, 0.25) is 0 Å². The second kappa shape index (κ2) is 22.6. The normalized spacial score (nSPS) is 23.0. The van der Waals surface area contributed by atoms with Crippen molar-refractivity contribution in [2.75, 3.05) is 0 Å². The Kier molecular flexibility index (Phi) is 18.9. The summed E-state index contributed by atoms with van der Waals surface area (Å²) in [7, 11) is 0. The fourth-order valence-corrected chi connectivity index (χ4v) is 7.26. The van der Waals surface area contributed by atoms with E-state index in [1.807, 2.05) is 0 Å². The van der Waals surface area contributed by atoms with Crippen LogP contribution >= 0.6 is 0 Å². The molecule has 1 aromatic carbocycles. The highest BCUT2D eigenvalue weighted by Crippen LogP contribution is 2.32. The lowest BCUT2D eigenvalue weighted by molar-refractivity contribution is -0.158. The van der Waals surface area contributed by atoms with Crippen LogP contribution in [0.4, 0.5) is 8.78 Å². The Bertz CT molecular complexity index is 873. The summed E-state index contributed by atoms with van der Waals surface area (Å²) < 4.78 is 39.5. The van der Waals surface area contributed by atoms with Gasteiger partial charge in [-0.2, -0.15) is 0 Å². The van der Waals surface area contributed by atoms with E-state index in [4.69, 9.17) is 9.47 Å². The van der Waals surface area contributed by atoms with Crippen LogP contribution in [0.1, 0.15) is 166 Å². The van der Waals surface area contributed by atoms with Crippen molar-refractivity contribution < 1.29 is 27.8 Å². The fraction of sp³-hybridized carbons (Fsp3) is 0.800. The fourth-order valence-electron chi connectivity index (χ4n) is 7.26. The van der Waals surface area contributed by atoms with Gasteiger partial charge >= 0.3 is 11.9 Å². The molecule has 0 aliphatic heterocycles. The van der Waals surface area contributed by atoms with Crippen molar-refractivity contribution >= 4 is 11.9 Å². The van der Waals surface area contributed by atoms with E-state index in [0.717, 1.165) is 128 Å². The number of halogens is 2. The molecule has 0 heterocycles. The van der Waals surface area contributed by atoms with Crippen LogP contribution in [-0.2, 0) is 31.9 Å². The van der Waals surface area contributed by atoms with Gasteiger partial charge in [0.05, 0.1) is 0 Å². The average Bonchev–Trinajstić information content (AvgIpc) is 3.07. The van der Waals surface area contributed by atoms with Gasteiger partial charge in [0.15, 0.2) is 12.3 Å². The quantitative estimate of drug-likeness (QED) is 0.0929. The molecule has 0 N–H and O–H groups in total. The molecule has 2 aliphatic rings. The minimum atomic E-state index is -1.47. The Morgan fingerprint density at radius 1 is 0.587 bits per heavy atom. The molecule has 0 saturated heterocycles. The summed E-state index contributed by atoms with van der Waals surface area (Å²) in [5.74, 6) is -0.0321. The van der Waals surface area contributed by atoms with E-state index in [9.17, 15) is 18.4 Å². The zero-order chi connectivity index (χ0) is 33.0. The molecule has 262 valence electrons. The Morgan fingerprint density at radius 3 is 1.28 bits per heavy atom. The van der Waals surface area contributed by atoms with Crippen molar-refractivity contribution in [1.82, 2.24) is 0 Å². The Hall–Kier alpha value is -1.98. The number of esters is 2. The first kappa shape index (κ1) is 38.5. The van der Waals surface area contributed by atoms with Gasteiger partial charge < -0.3 is 9.47 Å². The predicted octanol–water partition coefficient (Wildman–Crippen LogP) is 11.2. The highest BCUT2D eigenvalue weighted by Gasteiger charge is 2.28. The maximum Gasteiger partial charge on any atom is 0.340 e. The van der Waals surface area contributed by atoms with Crippen LogP contribution in [0, 0.1) is 11.8 Å². The molecule has 0 bridgehead atoms. The van der Waals surface area contributed by atoms with E-state index < -0.39 is 24.3 Å². The smallest absolute Gasteiger partial charge is 0.340 e. The molecule has 1 aromatic rings. The number of carbonyl (C=O) groups excluding carboxylic acids is 2. The van der Waals surface area contributed by atoms with Gasteiger partial charge in [-0.15, -0.1) is 0 Å². The minimum Gasteiger partial charge on any atom is -0.460 e. The van der Waals surface area contributed by atoms with Crippen molar-refractivity contribution in [1.29, 1.82) is 0 Å². The Balaban J connectivity index is 1.23. The number of rotatable bonds is 22. The molecule has 2 atom stereocenters. The molecule has 2 fully saturated rings. The van der Waals surface area contributed by atoms with Crippen LogP contribution in [0.25, 0.3) is 0 Å². The van der Waals surface area contributed by atoms with Crippen molar-refractivity contribution in [2.45, 2.75) is 192 Å². The molecule has 4 nitrogen and oxygen atoms in total. The van der Waals surface area contributed by atoms with E-state index in [1.54, 1.807) is 0 Å². The highest BCUT2D eigenvalue weighted by atomic mass is 19.1. The molecule has 0 unspecified atom stereocenters. The highest BCUT2D eigenvalue weighted by molar-refractivity contribution is 5.75. The Morgan fingerprint density at radius 2 is 0.935 bits per heavy atom. The summed E-state index contributed by atoms with van der Waals surface area (Å²) in [6.45, 7) is 4.31. The maximum absolute atomic E-state index is 14.2. The number of ether oxygens (including phenoxy) is 2. The topological polar surface area (TPSA) is 52.6 Å². The average molecular weight is 647 g/mol. The number of hydrogen-bond donors (Lipinski definition) is 0. The summed E-state index contributed by atoms with van der Waals surface area (Å²) in [5.41, 5.74) is 2.73. The van der Waals surface area contributed by atoms with Gasteiger partial charge in [-0.25, -0.2) is 18.4 Å². The van der Waals surface area contributed by atoms with Gasteiger partial charge in [0, 0.05) is 0 Å². The van der Waals surface area contributed by atoms with E-state index in [0.29, 0.717) is 24.7 Å².